The van der Waals surface area contributed by atoms with Crippen LogP contribution in [0.15, 0.2) is 100 Å². The number of benzene rings is 4. The van der Waals surface area contributed by atoms with Crippen LogP contribution in [-0.4, -0.2) is 10.2 Å². The summed E-state index contributed by atoms with van der Waals surface area (Å²) in [6.45, 7) is 0.444. The molecule has 6 heteroatoms. The van der Waals surface area contributed by atoms with Gasteiger partial charge in [0.25, 0.3) is 5.91 Å². The lowest BCUT2D eigenvalue weighted by molar-refractivity contribution is -0.113. The molecule has 162 valence electrons. The minimum atomic E-state index is -0.130. The summed E-state index contributed by atoms with van der Waals surface area (Å²) in [6, 6.07) is 29.7. The number of fused-ring (bicyclic) bond motifs is 1. The first-order valence-electron chi connectivity index (χ1n) is 10.3. The summed E-state index contributed by atoms with van der Waals surface area (Å²) < 4.78 is 7.67. The lowest BCUT2D eigenvalue weighted by Crippen LogP contribution is -2.27. The average Bonchev–Trinajstić information content (AvgIpc) is 3.12. The number of amides is 1. The van der Waals surface area contributed by atoms with Gasteiger partial charge >= 0.3 is 0 Å². The first-order chi connectivity index (χ1) is 16.1. The van der Waals surface area contributed by atoms with Gasteiger partial charge in [0.15, 0.2) is 4.32 Å². The number of halogens is 1. The number of carbonyl (C=O) groups excluding carboxylic acids is 1. The van der Waals surface area contributed by atoms with Gasteiger partial charge in [-0.3, -0.25) is 9.69 Å². The number of rotatable bonds is 5. The number of hydrogen-bond donors (Lipinski definition) is 0. The van der Waals surface area contributed by atoms with Gasteiger partial charge in [0.1, 0.15) is 12.4 Å². The van der Waals surface area contributed by atoms with Crippen LogP contribution in [0.2, 0.25) is 0 Å². The van der Waals surface area contributed by atoms with Gasteiger partial charge in [0.05, 0.1) is 10.6 Å². The molecular weight excluding hydrogens is 514 g/mol. The predicted octanol–water partition coefficient (Wildman–Crippen LogP) is 7.59. The van der Waals surface area contributed by atoms with Crippen LogP contribution in [0.5, 0.6) is 5.75 Å². The molecule has 0 aliphatic carbocycles. The number of ether oxygens (including phenoxy) is 1. The largest absolute Gasteiger partial charge is 0.488 e. The van der Waals surface area contributed by atoms with E-state index in [0.29, 0.717) is 15.8 Å². The zero-order valence-corrected chi connectivity index (χ0v) is 20.6. The Balaban J connectivity index is 1.53. The number of thiocarbonyl (C=S) groups is 1. The summed E-state index contributed by atoms with van der Waals surface area (Å²) in [6.07, 6.45) is 1.90. The molecular formula is C27H18BrNO2S2. The monoisotopic (exact) mass is 531 g/mol. The molecule has 1 saturated heterocycles. The van der Waals surface area contributed by atoms with E-state index in [1.165, 1.54) is 11.8 Å². The van der Waals surface area contributed by atoms with Gasteiger partial charge in [0.2, 0.25) is 0 Å². The van der Waals surface area contributed by atoms with E-state index in [0.717, 1.165) is 37.8 Å². The van der Waals surface area contributed by atoms with Crippen molar-refractivity contribution in [2.75, 3.05) is 4.90 Å². The molecule has 0 atom stereocenters. The van der Waals surface area contributed by atoms with Crippen molar-refractivity contribution in [1.29, 1.82) is 0 Å². The quantitative estimate of drug-likeness (QED) is 0.196. The van der Waals surface area contributed by atoms with Crippen LogP contribution < -0.4 is 9.64 Å². The maximum Gasteiger partial charge on any atom is 0.270 e. The first kappa shape index (κ1) is 21.9. The van der Waals surface area contributed by atoms with Crippen molar-refractivity contribution < 1.29 is 9.53 Å². The van der Waals surface area contributed by atoms with E-state index >= 15 is 0 Å². The standard InChI is InChI=1S/C27H18BrNO2S2/c28-20-11-13-21(14-12-20)29-26(30)25(33-27(29)32)16-23-22-9-5-4-8-19(22)10-15-24(23)31-17-18-6-2-1-3-7-18/h1-16H,17H2/b25-16+. The van der Waals surface area contributed by atoms with Crippen molar-refractivity contribution >= 4 is 72.7 Å². The van der Waals surface area contributed by atoms with E-state index in [9.17, 15) is 4.79 Å². The van der Waals surface area contributed by atoms with Crippen LogP contribution >= 0.6 is 39.9 Å². The molecule has 0 spiro atoms. The second kappa shape index (κ2) is 9.51. The van der Waals surface area contributed by atoms with Gasteiger partial charge in [-0.25, -0.2) is 0 Å². The van der Waals surface area contributed by atoms with Crippen molar-refractivity contribution in [3.05, 3.63) is 112 Å². The fourth-order valence-electron chi connectivity index (χ4n) is 3.70. The molecule has 1 aliphatic heterocycles. The lowest BCUT2D eigenvalue weighted by atomic mass is 10.0. The molecule has 0 N–H and O–H groups in total. The van der Waals surface area contributed by atoms with Gasteiger partial charge in [-0.2, -0.15) is 0 Å². The Kier molecular flexibility index (Phi) is 6.31. The number of hydrogen-bond acceptors (Lipinski definition) is 4. The summed E-state index contributed by atoms with van der Waals surface area (Å²) in [4.78, 5) is 15.5. The SMILES string of the molecule is O=C1/C(=C\c2c(OCc3ccccc3)ccc3ccccc23)SC(=S)N1c1ccc(Br)cc1. The van der Waals surface area contributed by atoms with Gasteiger partial charge in [-0.1, -0.05) is 101 Å². The molecule has 3 nitrogen and oxygen atoms in total. The summed E-state index contributed by atoms with van der Waals surface area (Å²) in [5.41, 5.74) is 2.71. The van der Waals surface area contributed by atoms with E-state index in [4.69, 9.17) is 17.0 Å². The number of nitrogens with zero attached hydrogens (tertiary/aromatic N) is 1. The van der Waals surface area contributed by atoms with E-state index in [1.54, 1.807) is 4.90 Å². The molecule has 0 saturated carbocycles. The Morgan fingerprint density at radius 3 is 2.42 bits per heavy atom. The fraction of sp³-hybridized carbons (Fsp3) is 0.0370. The molecule has 0 unspecified atom stereocenters. The molecule has 1 fully saturated rings. The van der Waals surface area contributed by atoms with Crippen molar-refractivity contribution in [3.63, 3.8) is 0 Å². The van der Waals surface area contributed by atoms with Crippen LogP contribution in [-0.2, 0) is 11.4 Å². The van der Waals surface area contributed by atoms with Gasteiger partial charge in [-0.05, 0) is 52.7 Å². The van der Waals surface area contributed by atoms with Gasteiger partial charge in [-0.15, -0.1) is 0 Å². The maximum absolute atomic E-state index is 13.3. The number of thioether (sulfide) groups is 1. The Bertz CT molecular complexity index is 1380. The summed E-state index contributed by atoms with van der Waals surface area (Å²) in [7, 11) is 0. The van der Waals surface area contributed by atoms with Crippen LogP contribution in [0.3, 0.4) is 0 Å². The second-order valence-electron chi connectivity index (χ2n) is 7.47. The smallest absolute Gasteiger partial charge is 0.270 e. The maximum atomic E-state index is 13.3. The van der Waals surface area contributed by atoms with Crippen LogP contribution in [0.1, 0.15) is 11.1 Å². The first-order valence-corrected chi connectivity index (χ1v) is 12.3. The molecule has 4 aromatic carbocycles. The van der Waals surface area contributed by atoms with Crippen LogP contribution in [0, 0.1) is 0 Å². The Labute approximate surface area is 210 Å². The number of carbonyl (C=O) groups is 1. The van der Waals surface area contributed by atoms with Gasteiger partial charge < -0.3 is 4.74 Å². The van der Waals surface area contributed by atoms with Gasteiger partial charge in [0, 0.05) is 10.0 Å². The van der Waals surface area contributed by atoms with Crippen molar-refractivity contribution in [1.82, 2.24) is 0 Å². The highest BCUT2D eigenvalue weighted by Gasteiger charge is 2.33. The molecule has 0 radical (unpaired) electrons. The fourth-order valence-corrected chi connectivity index (χ4v) is 5.24. The van der Waals surface area contributed by atoms with E-state index in [1.807, 2.05) is 91.0 Å². The Morgan fingerprint density at radius 1 is 0.909 bits per heavy atom. The third kappa shape index (κ3) is 4.60. The van der Waals surface area contributed by atoms with E-state index in [-0.39, 0.29) is 5.91 Å². The zero-order valence-electron chi connectivity index (χ0n) is 17.4. The normalized spacial score (nSPS) is 14.9. The molecule has 0 bridgehead atoms. The summed E-state index contributed by atoms with van der Waals surface area (Å²) >= 11 is 10.3. The van der Waals surface area contributed by atoms with Crippen molar-refractivity contribution in [2.45, 2.75) is 6.61 Å². The molecule has 5 rings (SSSR count). The Morgan fingerprint density at radius 2 is 1.64 bits per heavy atom. The molecule has 1 amide bonds. The average molecular weight is 532 g/mol. The molecule has 33 heavy (non-hydrogen) atoms. The van der Waals surface area contributed by atoms with E-state index < -0.39 is 0 Å². The van der Waals surface area contributed by atoms with Crippen LogP contribution in [0.4, 0.5) is 5.69 Å². The third-order valence-electron chi connectivity index (χ3n) is 5.32. The Hall–Kier alpha value is -2.93. The molecule has 1 aliphatic rings. The minimum absolute atomic E-state index is 0.130. The number of anilines is 1. The predicted molar refractivity (Wildman–Crippen MR) is 145 cm³/mol. The highest BCUT2D eigenvalue weighted by atomic mass is 79.9. The van der Waals surface area contributed by atoms with Crippen LogP contribution in [0.25, 0.3) is 16.8 Å². The summed E-state index contributed by atoms with van der Waals surface area (Å²) in [5, 5.41) is 2.11. The second-order valence-corrected chi connectivity index (χ2v) is 10.1. The van der Waals surface area contributed by atoms with E-state index in [2.05, 4.69) is 22.0 Å². The lowest BCUT2D eigenvalue weighted by Gasteiger charge is -2.14. The summed E-state index contributed by atoms with van der Waals surface area (Å²) in [5.74, 6) is 0.598. The molecule has 4 aromatic rings. The minimum Gasteiger partial charge on any atom is -0.488 e. The zero-order chi connectivity index (χ0) is 22.8. The highest BCUT2D eigenvalue weighted by Crippen LogP contribution is 2.39. The van der Waals surface area contributed by atoms with Crippen molar-refractivity contribution in [2.24, 2.45) is 0 Å². The van der Waals surface area contributed by atoms with Crippen molar-refractivity contribution in [3.8, 4) is 5.75 Å². The topological polar surface area (TPSA) is 29.5 Å². The highest BCUT2D eigenvalue weighted by molar-refractivity contribution is 9.10. The molecule has 1 heterocycles. The third-order valence-corrected chi connectivity index (χ3v) is 7.15. The molecule has 0 aromatic heterocycles.